The summed E-state index contributed by atoms with van der Waals surface area (Å²) in [7, 11) is 0. The lowest BCUT2D eigenvalue weighted by Gasteiger charge is -2.16. The van der Waals surface area contributed by atoms with Crippen LogP contribution in [0.3, 0.4) is 0 Å². The molecule has 0 aliphatic heterocycles. The molecule has 6 nitrogen and oxygen atoms in total. The molecule has 1 heterocycles. The van der Waals surface area contributed by atoms with Gasteiger partial charge in [0.05, 0.1) is 18.3 Å². The van der Waals surface area contributed by atoms with Crippen LogP contribution in [-0.2, 0) is 4.79 Å². The molecule has 1 aromatic rings. The molecule has 18 heavy (non-hydrogen) atoms. The number of nitrogens with one attached hydrogen (secondary N) is 2. The topological polar surface area (TPSA) is 97.1 Å². The molecule has 1 rings (SSSR count). The molecule has 6 heteroatoms. The first-order chi connectivity index (χ1) is 8.52. The van der Waals surface area contributed by atoms with E-state index in [0.29, 0.717) is 0 Å². The zero-order valence-corrected chi connectivity index (χ0v) is 10.6. The highest BCUT2D eigenvalue weighted by Gasteiger charge is 2.13. The highest BCUT2D eigenvalue weighted by Crippen LogP contribution is 2.13. The molecule has 0 saturated carbocycles. The average Bonchev–Trinajstić information content (AvgIpc) is 2.34. The molecular formula is C12H18N4O2. The molecule has 1 atom stereocenters. The van der Waals surface area contributed by atoms with Gasteiger partial charge >= 0.3 is 6.03 Å². The summed E-state index contributed by atoms with van der Waals surface area (Å²) < 4.78 is 0. The molecule has 0 fully saturated rings. The molecule has 0 aliphatic carbocycles. The van der Waals surface area contributed by atoms with E-state index in [0.717, 1.165) is 17.7 Å². The molecule has 0 saturated heterocycles. The Balaban J connectivity index is 2.59. The molecule has 98 valence electrons. The third-order valence-electron chi connectivity index (χ3n) is 2.46. The number of rotatable bonds is 5. The summed E-state index contributed by atoms with van der Waals surface area (Å²) in [4.78, 5) is 26.3. The maximum absolute atomic E-state index is 11.5. The highest BCUT2D eigenvalue weighted by atomic mass is 16.2. The molecule has 0 bridgehead atoms. The predicted molar refractivity (Wildman–Crippen MR) is 67.7 cm³/mol. The molecule has 0 radical (unpaired) electrons. The first kappa shape index (κ1) is 14.0. The van der Waals surface area contributed by atoms with Gasteiger partial charge in [0.2, 0.25) is 5.91 Å². The van der Waals surface area contributed by atoms with Crippen LogP contribution in [0.25, 0.3) is 0 Å². The number of carbonyl (C=O) groups is 2. The lowest BCUT2D eigenvalue weighted by molar-refractivity contribution is -0.120. The minimum absolute atomic E-state index is 0.127. The van der Waals surface area contributed by atoms with Gasteiger partial charge in [0, 0.05) is 6.20 Å². The van der Waals surface area contributed by atoms with Gasteiger partial charge in [-0.15, -0.1) is 0 Å². The van der Waals surface area contributed by atoms with E-state index >= 15 is 0 Å². The first-order valence-corrected chi connectivity index (χ1v) is 5.78. The van der Waals surface area contributed by atoms with Crippen molar-refractivity contribution in [2.45, 2.75) is 26.3 Å². The van der Waals surface area contributed by atoms with E-state index in [1.165, 1.54) is 0 Å². The van der Waals surface area contributed by atoms with E-state index in [1.807, 2.05) is 26.0 Å². The maximum atomic E-state index is 11.5. The number of aromatic nitrogens is 1. The summed E-state index contributed by atoms with van der Waals surface area (Å²) in [6.45, 7) is 3.78. The summed E-state index contributed by atoms with van der Waals surface area (Å²) >= 11 is 0. The lowest BCUT2D eigenvalue weighted by atomic mass is 10.1. The number of nitrogens with two attached hydrogens (primary N) is 1. The number of urea groups is 1. The Morgan fingerprint density at radius 3 is 2.67 bits per heavy atom. The fourth-order valence-electron chi connectivity index (χ4n) is 1.48. The van der Waals surface area contributed by atoms with Crippen molar-refractivity contribution in [2.24, 2.45) is 5.73 Å². The van der Waals surface area contributed by atoms with Gasteiger partial charge in [-0.1, -0.05) is 13.0 Å². The Bertz CT molecular complexity index is 417. The Morgan fingerprint density at radius 1 is 1.44 bits per heavy atom. The number of aryl methyl sites for hydroxylation is 1. The molecule has 0 aromatic carbocycles. The lowest BCUT2D eigenvalue weighted by Crippen LogP contribution is -2.40. The van der Waals surface area contributed by atoms with E-state index in [2.05, 4.69) is 15.6 Å². The van der Waals surface area contributed by atoms with Gasteiger partial charge in [0.15, 0.2) is 0 Å². The molecule has 3 amide bonds. The Labute approximate surface area is 106 Å². The van der Waals surface area contributed by atoms with Crippen molar-refractivity contribution in [3.05, 3.63) is 29.6 Å². The van der Waals surface area contributed by atoms with Crippen LogP contribution < -0.4 is 16.4 Å². The van der Waals surface area contributed by atoms with Gasteiger partial charge in [-0.2, -0.15) is 0 Å². The first-order valence-electron chi connectivity index (χ1n) is 5.78. The second kappa shape index (κ2) is 6.58. The van der Waals surface area contributed by atoms with Crippen LogP contribution in [0.2, 0.25) is 0 Å². The number of hydrogen-bond acceptors (Lipinski definition) is 3. The van der Waals surface area contributed by atoms with Gasteiger partial charge in [0.1, 0.15) is 0 Å². The Hall–Kier alpha value is -2.11. The van der Waals surface area contributed by atoms with Crippen LogP contribution in [0, 0.1) is 6.92 Å². The number of carbonyl (C=O) groups excluding carboxylic acids is 2. The van der Waals surface area contributed by atoms with Crippen LogP contribution in [0.1, 0.15) is 30.6 Å². The Morgan fingerprint density at radius 2 is 2.17 bits per heavy atom. The maximum Gasteiger partial charge on any atom is 0.312 e. The number of amides is 3. The van der Waals surface area contributed by atoms with Crippen molar-refractivity contribution >= 4 is 11.9 Å². The fourth-order valence-corrected chi connectivity index (χ4v) is 1.48. The van der Waals surface area contributed by atoms with Crippen LogP contribution in [-0.4, -0.2) is 23.5 Å². The standard InChI is InChI=1S/C12H18N4O2/c1-3-9(10-5-4-8(2)6-14-10)16-11(17)7-15-12(13)18/h4-6,9H,3,7H2,1-2H3,(H,16,17)(H3,13,15,18)/t9-/m1/s1. The van der Waals surface area contributed by atoms with Gasteiger partial charge in [-0.25, -0.2) is 4.79 Å². The zero-order chi connectivity index (χ0) is 13.5. The largest absolute Gasteiger partial charge is 0.352 e. The average molecular weight is 250 g/mol. The third-order valence-corrected chi connectivity index (χ3v) is 2.46. The van der Waals surface area contributed by atoms with Gasteiger partial charge in [0.25, 0.3) is 0 Å². The van der Waals surface area contributed by atoms with E-state index in [4.69, 9.17) is 5.73 Å². The second-order valence-electron chi connectivity index (χ2n) is 4.01. The van der Waals surface area contributed by atoms with E-state index in [-0.39, 0.29) is 18.5 Å². The van der Waals surface area contributed by atoms with Crippen LogP contribution >= 0.6 is 0 Å². The van der Waals surface area contributed by atoms with Crippen molar-refractivity contribution in [1.29, 1.82) is 0 Å². The summed E-state index contributed by atoms with van der Waals surface area (Å²) in [5.74, 6) is -0.289. The Kier molecular flexibility index (Phi) is 5.10. The molecule has 4 N–H and O–H groups in total. The zero-order valence-electron chi connectivity index (χ0n) is 10.6. The van der Waals surface area contributed by atoms with Gasteiger partial charge in [-0.05, 0) is 25.0 Å². The third kappa shape index (κ3) is 4.40. The van der Waals surface area contributed by atoms with Crippen molar-refractivity contribution in [2.75, 3.05) is 6.54 Å². The number of hydrogen-bond donors (Lipinski definition) is 3. The van der Waals surface area contributed by atoms with Crippen molar-refractivity contribution in [3.63, 3.8) is 0 Å². The smallest absolute Gasteiger partial charge is 0.312 e. The SMILES string of the molecule is CC[C@@H](NC(=O)CNC(N)=O)c1ccc(C)cn1. The van der Waals surface area contributed by atoms with Crippen molar-refractivity contribution < 1.29 is 9.59 Å². The van der Waals surface area contributed by atoms with Crippen molar-refractivity contribution in [1.82, 2.24) is 15.6 Å². The molecule has 0 unspecified atom stereocenters. The van der Waals surface area contributed by atoms with Crippen molar-refractivity contribution in [3.8, 4) is 0 Å². The minimum atomic E-state index is -0.716. The summed E-state index contributed by atoms with van der Waals surface area (Å²) in [5.41, 5.74) is 6.76. The summed E-state index contributed by atoms with van der Waals surface area (Å²) in [6, 6.07) is 2.95. The highest BCUT2D eigenvalue weighted by molar-refractivity contribution is 5.83. The molecular weight excluding hydrogens is 232 g/mol. The predicted octanol–water partition coefficient (Wildman–Crippen LogP) is 0.626. The van der Waals surface area contributed by atoms with E-state index in [9.17, 15) is 9.59 Å². The van der Waals surface area contributed by atoms with E-state index in [1.54, 1.807) is 6.20 Å². The van der Waals surface area contributed by atoms with E-state index < -0.39 is 6.03 Å². The van der Waals surface area contributed by atoms with Gasteiger partial charge < -0.3 is 16.4 Å². The number of pyridine rings is 1. The molecule has 0 spiro atoms. The second-order valence-corrected chi connectivity index (χ2v) is 4.01. The van der Waals surface area contributed by atoms with Crippen LogP contribution in [0.15, 0.2) is 18.3 Å². The van der Waals surface area contributed by atoms with Gasteiger partial charge in [-0.3, -0.25) is 9.78 Å². The number of primary amides is 1. The molecule has 1 aromatic heterocycles. The monoisotopic (exact) mass is 250 g/mol. The van der Waals surface area contributed by atoms with Crippen LogP contribution in [0.5, 0.6) is 0 Å². The quantitative estimate of drug-likeness (QED) is 0.714. The summed E-state index contributed by atoms with van der Waals surface area (Å²) in [5, 5.41) is 5.03. The van der Waals surface area contributed by atoms with Crippen LogP contribution in [0.4, 0.5) is 4.79 Å². The fraction of sp³-hybridized carbons (Fsp3) is 0.417. The summed E-state index contributed by atoms with van der Waals surface area (Å²) in [6.07, 6.45) is 2.48. The molecule has 0 aliphatic rings. The number of nitrogens with zero attached hydrogens (tertiary/aromatic N) is 1. The normalized spacial score (nSPS) is 11.7. The minimum Gasteiger partial charge on any atom is -0.352 e.